The summed E-state index contributed by atoms with van der Waals surface area (Å²) in [6.45, 7) is 5.01. The van der Waals surface area contributed by atoms with Crippen molar-refractivity contribution >= 4 is 34.8 Å². The predicted molar refractivity (Wildman–Crippen MR) is 115 cm³/mol. The molecular weight excluding hydrogens is 382 g/mol. The minimum absolute atomic E-state index is 0.205. The molecule has 8 nitrogen and oxygen atoms in total. The summed E-state index contributed by atoms with van der Waals surface area (Å²) < 4.78 is 1.56. The van der Waals surface area contributed by atoms with Crippen molar-refractivity contribution in [3.63, 3.8) is 0 Å². The van der Waals surface area contributed by atoms with Crippen molar-refractivity contribution in [2.75, 3.05) is 16.0 Å². The quantitative estimate of drug-likeness (QED) is 0.583. The normalized spacial score (nSPS) is 11.4. The van der Waals surface area contributed by atoms with E-state index in [1.54, 1.807) is 72.5 Å². The molecule has 0 aliphatic heterocycles. The molecule has 30 heavy (non-hydrogen) atoms. The first-order valence-corrected chi connectivity index (χ1v) is 9.43. The van der Waals surface area contributed by atoms with E-state index in [1.807, 2.05) is 6.92 Å². The second-order valence-corrected chi connectivity index (χ2v) is 6.90. The molecule has 1 atom stereocenters. The largest absolute Gasteiger partial charge is 0.326 e. The van der Waals surface area contributed by atoms with Crippen LogP contribution in [-0.2, 0) is 9.59 Å². The van der Waals surface area contributed by atoms with Gasteiger partial charge in [0.25, 0.3) is 5.91 Å². The standard InChI is InChI=1S/C22H23N5O3/c1-14-8-9-17(12-20(14)24-16(3)28)22(30)26-19-7-4-6-18(13-19)25-21(29)15(2)27-11-5-10-23-27/h4-13,15H,1-3H3,(H,24,28)(H,25,29)(H,26,30). The highest BCUT2D eigenvalue weighted by Gasteiger charge is 2.15. The summed E-state index contributed by atoms with van der Waals surface area (Å²) in [7, 11) is 0. The molecule has 1 aromatic heterocycles. The molecule has 3 N–H and O–H groups in total. The highest BCUT2D eigenvalue weighted by Crippen LogP contribution is 2.20. The zero-order chi connectivity index (χ0) is 21.7. The fraction of sp³-hybridized carbons (Fsp3) is 0.182. The van der Waals surface area contributed by atoms with Crippen LogP contribution in [0.3, 0.4) is 0 Å². The zero-order valence-corrected chi connectivity index (χ0v) is 17.0. The second kappa shape index (κ2) is 9.04. The van der Waals surface area contributed by atoms with Gasteiger partial charge in [0, 0.05) is 41.9 Å². The minimum Gasteiger partial charge on any atom is -0.326 e. The number of benzene rings is 2. The van der Waals surface area contributed by atoms with E-state index in [2.05, 4.69) is 21.0 Å². The van der Waals surface area contributed by atoms with Crippen molar-refractivity contribution in [2.45, 2.75) is 26.8 Å². The Labute approximate surface area is 174 Å². The summed E-state index contributed by atoms with van der Waals surface area (Å²) in [6.07, 6.45) is 3.33. The highest BCUT2D eigenvalue weighted by molar-refractivity contribution is 6.06. The number of amides is 3. The first kappa shape index (κ1) is 20.8. The van der Waals surface area contributed by atoms with Gasteiger partial charge in [-0.2, -0.15) is 5.10 Å². The molecule has 154 valence electrons. The van der Waals surface area contributed by atoms with Crippen LogP contribution in [0.4, 0.5) is 17.1 Å². The van der Waals surface area contributed by atoms with E-state index in [4.69, 9.17) is 0 Å². The monoisotopic (exact) mass is 405 g/mol. The van der Waals surface area contributed by atoms with E-state index >= 15 is 0 Å². The topological polar surface area (TPSA) is 105 Å². The lowest BCUT2D eigenvalue weighted by molar-refractivity contribution is -0.119. The van der Waals surface area contributed by atoms with E-state index in [1.165, 1.54) is 6.92 Å². The fourth-order valence-corrected chi connectivity index (χ4v) is 2.84. The van der Waals surface area contributed by atoms with Crippen LogP contribution in [0.25, 0.3) is 0 Å². The van der Waals surface area contributed by atoms with Gasteiger partial charge in [0.1, 0.15) is 6.04 Å². The molecule has 3 amide bonds. The number of rotatable bonds is 6. The van der Waals surface area contributed by atoms with Gasteiger partial charge in [-0.15, -0.1) is 0 Å². The number of aryl methyl sites for hydroxylation is 1. The van der Waals surface area contributed by atoms with Gasteiger partial charge in [-0.25, -0.2) is 0 Å². The van der Waals surface area contributed by atoms with Crippen LogP contribution < -0.4 is 16.0 Å². The first-order valence-electron chi connectivity index (χ1n) is 9.43. The molecule has 0 fully saturated rings. The van der Waals surface area contributed by atoms with Crippen LogP contribution in [0.1, 0.15) is 35.8 Å². The molecule has 0 bridgehead atoms. The first-order chi connectivity index (χ1) is 14.3. The van der Waals surface area contributed by atoms with Gasteiger partial charge in [0.05, 0.1) is 0 Å². The molecule has 0 radical (unpaired) electrons. The third kappa shape index (κ3) is 5.11. The van der Waals surface area contributed by atoms with Crippen LogP contribution in [-0.4, -0.2) is 27.5 Å². The summed E-state index contributed by atoms with van der Waals surface area (Å²) in [4.78, 5) is 36.4. The summed E-state index contributed by atoms with van der Waals surface area (Å²) in [5, 5.41) is 12.4. The van der Waals surface area contributed by atoms with Gasteiger partial charge >= 0.3 is 0 Å². The molecule has 2 aromatic carbocycles. The second-order valence-electron chi connectivity index (χ2n) is 6.90. The van der Waals surface area contributed by atoms with Gasteiger partial charge in [0.15, 0.2) is 0 Å². The number of anilines is 3. The van der Waals surface area contributed by atoms with Crippen molar-refractivity contribution < 1.29 is 14.4 Å². The average molecular weight is 405 g/mol. The summed E-state index contributed by atoms with van der Waals surface area (Å²) in [6, 6.07) is 13.2. The van der Waals surface area contributed by atoms with E-state index in [9.17, 15) is 14.4 Å². The van der Waals surface area contributed by atoms with Crippen LogP contribution >= 0.6 is 0 Å². The van der Waals surface area contributed by atoms with E-state index in [0.29, 0.717) is 22.6 Å². The Bertz CT molecular complexity index is 1080. The van der Waals surface area contributed by atoms with E-state index < -0.39 is 6.04 Å². The Kier molecular flexibility index (Phi) is 6.26. The Hall–Kier alpha value is -3.94. The molecule has 0 aliphatic rings. The molecule has 0 aliphatic carbocycles. The minimum atomic E-state index is -0.474. The lowest BCUT2D eigenvalue weighted by Gasteiger charge is -2.14. The SMILES string of the molecule is CC(=O)Nc1cc(C(=O)Nc2cccc(NC(=O)C(C)n3cccn3)c2)ccc1C. The maximum absolute atomic E-state index is 12.6. The van der Waals surface area contributed by atoms with E-state index in [-0.39, 0.29) is 17.7 Å². The summed E-state index contributed by atoms with van der Waals surface area (Å²) >= 11 is 0. The lowest BCUT2D eigenvalue weighted by atomic mass is 10.1. The predicted octanol–water partition coefficient (Wildman–Crippen LogP) is 3.60. The van der Waals surface area contributed by atoms with Crippen molar-refractivity contribution in [2.24, 2.45) is 0 Å². The van der Waals surface area contributed by atoms with Crippen molar-refractivity contribution in [3.05, 3.63) is 72.1 Å². The molecule has 1 unspecified atom stereocenters. The summed E-state index contributed by atoms with van der Waals surface area (Å²) in [5.74, 6) is -0.751. The van der Waals surface area contributed by atoms with Crippen LogP contribution in [0.5, 0.6) is 0 Å². The molecule has 0 spiro atoms. The number of aromatic nitrogens is 2. The molecule has 0 saturated heterocycles. The Balaban J connectivity index is 1.70. The number of hydrogen-bond donors (Lipinski definition) is 3. The molecule has 0 saturated carbocycles. The lowest BCUT2D eigenvalue weighted by Crippen LogP contribution is -2.24. The summed E-state index contributed by atoms with van der Waals surface area (Å²) in [5.41, 5.74) is 2.94. The van der Waals surface area contributed by atoms with Gasteiger partial charge in [-0.3, -0.25) is 19.1 Å². The maximum Gasteiger partial charge on any atom is 0.255 e. The smallest absolute Gasteiger partial charge is 0.255 e. The molecular formula is C22H23N5O3. The Morgan fingerprint density at radius 2 is 1.70 bits per heavy atom. The van der Waals surface area contributed by atoms with Crippen LogP contribution in [0, 0.1) is 6.92 Å². The zero-order valence-electron chi connectivity index (χ0n) is 17.0. The van der Waals surface area contributed by atoms with Crippen LogP contribution in [0.15, 0.2) is 60.9 Å². The number of carbonyl (C=O) groups is 3. The van der Waals surface area contributed by atoms with Crippen molar-refractivity contribution in [1.29, 1.82) is 0 Å². The molecule has 3 aromatic rings. The van der Waals surface area contributed by atoms with Gasteiger partial charge < -0.3 is 16.0 Å². The third-order valence-corrected chi connectivity index (χ3v) is 4.50. The van der Waals surface area contributed by atoms with Crippen molar-refractivity contribution in [1.82, 2.24) is 9.78 Å². The van der Waals surface area contributed by atoms with Gasteiger partial charge in [-0.1, -0.05) is 12.1 Å². The molecule has 1 heterocycles. The van der Waals surface area contributed by atoms with E-state index in [0.717, 1.165) is 5.56 Å². The number of nitrogens with one attached hydrogen (secondary N) is 3. The van der Waals surface area contributed by atoms with Crippen LogP contribution in [0.2, 0.25) is 0 Å². The van der Waals surface area contributed by atoms with Gasteiger partial charge in [-0.05, 0) is 55.8 Å². The maximum atomic E-state index is 12.6. The molecule has 3 rings (SSSR count). The average Bonchev–Trinajstić information content (AvgIpc) is 3.23. The fourth-order valence-electron chi connectivity index (χ4n) is 2.84. The number of nitrogens with zero attached hydrogens (tertiary/aromatic N) is 2. The molecule has 8 heteroatoms. The van der Waals surface area contributed by atoms with Gasteiger partial charge in [0.2, 0.25) is 11.8 Å². The number of carbonyl (C=O) groups excluding carboxylic acids is 3. The number of hydrogen-bond acceptors (Lipinski definition) is 4. The van der Waals surface area contributed by atoms with Crippen molar-refractivity contribution in [3.8, 4) is 0 Å². The Morgan fingerprint density at radius 3 is 2.37 bits per heavy atom. The Morgan fingerprint density at radius 1 is 0.967 bits per heavy atom. The highest BCUT2D eigenvalue weighted by atomic mass is 16.2. The third-order valence-electron chi connectivity index (χ3n) is 4.50.